The summed E-state index contributed by atoms with van der Waals surface area (Å²) in [6, 6.07) is 15.0. The zero-order valence-electron chi connectivity index (χ0n) is 16.7. The molecular weight excluding hydrogens is 408 g/mol. The molecule has 0 radical (unpaired) electrons. The summed E-state index contributed by atoms with van der Waals surface area (Å²) in [6.45, 7) is 4.55. The standard InChI is InChI=1S/C22H27ClN2O3S/c1-16(2)15-20(17-7-4-3-5-8-17)24-22(26)21-9-6-14-25(21)29(27,28)19-12-10-18(23)11-13-19/h3-5,7-8,10-13,16,20-21H,6,9,14-15H2,1-2H3,(H,24,26)/t20-,21+/m1/s1. The van der Waals surface area contributed by atoms with Gasteiger partial charge in [0.2, 0.25) is 15.9 Å². The van der Waals surface area contributed by atoms with Crippen molar-refractivity contribution < 1.29 is 13.2 Å². The second kappa shape index (κ2) is 9.28. The predicted molar refractivity (Wildman–Crippen MR) is 115 cm³/mol. The third-order valence-corrected chi connectivity index (χ3v) is 7.33. The summed E-state index contributed by atoms with van der Waals surface area (Å²) in [5.74, 6) is 0.146. The fraction of sp³-hybridized carbons (Fsp3) is 0.409. The summed E-state index contributed by atoms with van der Waals surface area (Å²) < 4.78 is 27.5. The summed E-state index contributed by atoms with van der Waals surface area (Å²) in [5.41, 5.74) is 1.03. The van der Waals surface area contributed by atoms with E-state index in [2.05, 4.69) is 19.2 Å². The van der Waals surface area contributed by atoms with Gasteiger partial charge in [-0.05, 0) is 55.0 Å². The van der Waals surface area contributed by atoms with Crippen LogP contribution in [0.15, 0.2) is 59.5 Å². The monoisotopic (exact) mass is 434 g/mol. The third-order valence-electron chi connectivity index (χ3n) is 5.15. The predicted octanol–water partition coefficient (Wildman–Crippen LogP) is 4.40. The van der Waals surface area contributed by atoms with Crippen LogP contribution in [0.3, 0.4) is 0 Å². The molecule has 2 atom stereocenters. The van der Waals surface area contributed by atoms with E-state index in [-0.39, 0.29) is 16.8 Å². The lowest BCUT2D eigenvalue weighted by Gasteiger charge is -2.27. The zero-order valence-corrected chi connectivity index (χ0v) is 18.3. The van der Waals surface area contributed by atoms with Gasteiger partial charge in [-0.25, -0.2) is 8.42 Å². The zero-order chi connectivity index (χ0) is 21.0. The second-order valence-electron chi connectivity index (χ2n) is 7.83. The fourth-order valence-corrected chi connectivity index (χ4v) is 5.52. The van der Waals surface area contributed by atoms with Gasteiger partial charge in [0.15, 0.2) is 0 Å². The van der Waals surface area contributed by atoms with E-state index in [4.69, 9.17) is 11.6 Å². The topological polar surface area (TPSA) is 66.5 Å². The van der Waals surface area contributed by atoms with E-state index in [0.29, 0.717) is 30.3 Å². The van der Waals surface area contributed by atoms with Gasteiger partial charge in [0.1, 0.15) is 6.04 Å². The maximum Gasteiger partial charge on any atom is 0.243 e. The highest BCUT2D eigenvalue weighted by atomic mass is 35.5. The van der Waals surface area contributed by atoms with Crippen molar-refractivity contribution in [2.45, 2.75) is 50.1 Å². The molecule has 1 saturated heterocycles. The maximum absolute atomic E-state index is 13.1. The average molecular weight is 435 g/mol. The van der Waals surface area contributed by atoms with Gasteiger partial charge in [-0.3, -0.25) is 4.79 Å². The minimum absolute atomic E-state index is 0.149. The first-order valence-electron chi connectivity index (χ1n) is 9.92. The lowest BCUT2D eigenvalue weighted by molar-refractivity contribution is -0.125. The molecule has 7 heteroatoms. The molecule has 1 amide bonds. The Morgan fingerprint density at radius 2 is 1.79 bits per heavy atom. The van der Waals surface area contributed by atoms with Gasteiger partial charge in [-0.1, -0.05) is 55.8 Å². The van der Waals surface area contributed by atoms with Crippen LogP contribution in [-0.2, 0) is 14.8 Å². The first-order chi connectivity index (χ1) is 13.8. The lowest BCUT2D eigenvalue weighted by atomic mass is 9.96. The average Bonchev–Trinajstić information content (AvgIpc) is 3.19. The Bertz CT molecular complexity index is 930. The smallest absolute Gasteiger partial charge is 0.243 e. The summed E-state index contributed by atoms with van der Waals surface area (Å²) in [5, 5.41) is 3.57. The molecule has 0 bridgehead atoms. The van der Waals surface area contributed by atoms with Crippen molar-refractivity contribution in [3.63, 3.8) is 0 Å². The first-order valence-corrected chi connectivity index (χ1v) is 11.7. The van der Waals surface area contributed by atoms with Crippen molar-refractivity contribution in [2.24, 2.45) is 5.92 Å². The van der Waals surface area contributed by atoms with Gasteiger partial charge in [0.05, 0.1) is 10.9 Å². The van der Waals surface area contributed by atoms with Crippen molar-refractivity contribution in [1.82, 2.24) is 9.62 Å². The Balaban J connectivity index is 1.80. The summed E-state index contributed by atoms with van der Waals surface area (Å²) in [6.07, 6.45) is 1.96. The number of carbonyl (C=O) groups excluding carboxylic acids is 1. The molecule has 0 saturated carbocycles. The van der Waals surface area contributed by atoms with Crippen LogP contribution in [0.25, 0.3) is 0 Å². The van der Waals surface area contributed by atoms with Crippen LogP contribution < -0.4 is 5.32 Å². The summed E-state index contributed by atoms with van der Waals surface area (Å²) in [7, 11) is -3.76. The van der Waals surface area contributed by atoms with Crippen LogP contribution in [0.2, 0.25) is 5.02 Å². The molecule has 0 aliphatic carbocycles. The number of nitrogens with zero attached hydrogens (tertiary/aromatic N) is 1. The van der Waals surface area contributed by atoms with Gasteiger partial charge in [-0.2, -0.15) is 4.31 Å². The lowest BCUT2D eigenvalue weighted by Crippen LogP contribution is -2.46. The summed E-state index contributed by atoms with van der Waals surface area (Å²) >= 11 is 5.88. The highest BCUT2D eigenvalue weighted by molar-refractivity contribution is 7.89. The van der Waals surface area contributed by atoms with Crippen LogP contribution in [0.4, 0.5) is 0 Å². The number of rotatable bonds is 7. The molecule has 156 valence electrons. The normalized spacial score (nSPS) is 18.7. The van der Waals surface area contributed by atoms with E-state index in [1.54, 1.807) is 12.1 Å². The number of amides is 1. The first kappa shape index (κ1) is 21.8. The Kier molecular flexibility index (Phi) is 6.98. The molecule has 5 nitrogen and oxygen atoms in total. The SMILES string of the molecule is CC(C)C[C@@H](NC(=O)[C@@H]1CCCN1S(=O)(=O)c1ccc(Cl)cc1)c1ccccc1. The molecule has 29 heavy (non-hydrogen) atoms. The van der Waals surface area contributed by atoms with Crippen LogP contribution in [0.5, 0.6) is 0 Å². The number of sulfonamides is 1. The molecule has 1 aliphatic rings. The van der Waals surface area contributed by atoms with E-state index < -0.39 is 16.1 Å². The third kappa shape index (κ3) is 5.18. The Hall–Kier alpha value is -1.89. The van der Waals surface area contributed by atoms with Gasteiger partial charge < -0.3 is 5.32 Å². The van der Waals surface area contributed by atoms with Crippen molar-refractivity contribution >= 4 is 27.5 Å². The van der Waals surface area contributed by atoms with Gasteiger partial charge in [-0.15, -0.1) is 0 Å². The largest absolute Gasteiger partial charge is 0.348 e. The van der Waals surface area contributed by atoms with E-state index >= 15 is 0 Å². The minimum Gasteiger partial charge on any atom is -0.348 e. The van der Waals surface area contributed by atoms with Crippen molar-refractivity contribution in [1.29, 1.82) is 0 Å². The molecule has 1 aliphatic heterocycles. The van der Waals surface area contributed by atoms with E-state index in [1.165, 1.54) is 16.4 Å². The molecular formula is C22H27ClN2O3S. The van der Waals surface area contributed by atoms with Gasteiger partial charge >= 0.3 is 0 Å². The summed E-state index contributed by atoms with van der Waals surface area (Å²) in [4.78, 5) is 13.3. The molecule has 3 rings (SSSR count). The minimum atomic E-state index is -3.76. The molecule has 1 fully saturated rings. The van der Waals surface area contributed by atoms with Crippen LogP contribution in [-0.4, -0.2) is 31.2 Å². The molecule has 1 N–H and O–H groups in total. The van der Waals surface area contributed by atoms with E-state index in [0.717, 1.165) is 12.0 Å². The number of nitrogens with one attached hydrogen (secondary N) is 1. The fourth-order valence-electron chi connectivity index (χ4n) is 3.73. The van der Waals surface area contributed by atoms with Gasteiger partial charge in [0, 0.05) is 11.6 Å². The highest BCUT2D eigenvalue weighted by Gasteiger charge is 2.40. The molecule has 2 aromatic carbocycles. The van der Waals surface area contributed by atoms with Gasteiger partial charge in [0.25, 0.3) is 0 Å². The molecule has 0 aromatic heterocycles. The molecule has 0 spiro atoms. The van der Waals surface area contributed by atoms with E-state index in [1.807, 2.05) is 30.3 Å². The van der Waals surface area contributed by atoms with Crippen molar-refractivity contribution in [3.05, 3.63) is 65.2 Å². The number of halogens is 1. The van der Waals surface area contributed by atoms with Crippen LogP contribution in [0, 0.1) is 5.92 Å². The number of hydrogen-bond acceptors (Lipinski definition) is 3. The number of carbonyl (C=O) groups is 1. The van der Waals surface area contributed by atoms with Crippen molar-refractivity contribution in [3.8, 4) is 0 Å². The van der Waals surface area contributed by atoms with Crippen molar-refractivity contribution in [2.75, 3.05) is 6.54 Å². The maximum atomic E-state index is 13.1. The Morgan fingerprint density at radius 1 is 1.14 bits per heavy atom. The Morgan fingerprint density at radius 3 is 2.41 bits per heavy atom. The molecule has 1 heterocycles. The second-order valence-corrected chi connectivity index (χ2v) is 10.2. The van der Waals surface area contributed by atoms with Crippen LogP contribution >= 0.6 is 11.6 Å². The number of benzene rings is 2. The molecule has 2 aromatic rings. The number of hydrogen-bond donors (Lipinski definition) is 1. The quantitative estimate of drug-likeness (QED) is 0.702. The molecule has 0 unspecified atom stereocenters. The van der Waals surface area contributed by atoms with Crippen LogP contribution in [0.1, 0.15) is 44.7 Å². The van der Waals surface area contributed by atoms with E-state index in [9.17, 15) is 13.2 Å². The Labute approximate surface area is 178 Å². The highest BCUT2D eigenvalue weighted by Crippen LogP contribution is 2.28.